The van der Waals surface area contributed by atoms with E-state index in [4.69, 9.17) is 0 Å². The minimum atomic E-state index is 0.819. The summed E-state index contributed by atoms with van der Waals surface area (Å²) < 4.78 is 0. The molecule has 0 atom stereocenters. The smallest absolute Gasteiger partial charge is 0.119 e. The third-order valence-corrected chi connectivity index (χ3v) is 0.690. The third kappa shape index (κ3) is 1.98. The molecule has 2 heteroatoms. The maximum absolute atomic E-state index is 3.81. The van der Waals surface area contributed by atoms with Gasteiger partial charge in [0.15, 0.2) is 0 Å². The minimum absolute atomic E-state index is 0.819. The van der Waals surface area contributed by atoms with Gasteiger partial charge in [0.25, 0.3) is 0 Å². The molecule has 0 saturated carbocycles. The van der Waals surface area contributed by atoms with Crippen LogP contribution in [0.15, 0.2) is 17.6 Å². The van der Waals surface area contributed by atoms with Crippen molar-refractivity contribution in [2.75, 3.05) is 14.1 Å². The molecule has 0 aliphatic carbocycles. The van der Waals surface area contributed by atoms with Gasteiger partial charge in [-0.05, 0) is 6.08 Å². The summed E-state index contributed by atoms with van der Waals surface area (Å²) >= 11 is 0. The van der Waals surface area contributed by atoms with Gasteiger partial charge in [-0.1, -0.05) is 6.58 Å². The third-order valence-electron chi connectivity index (χ3n) is 0.690. The molecule has 1 N–H and O–H groups in total. The average Bonchev–Trinajstić information content (AvgIpc) is 1.72. The normalized spacial score (nSPS) is 10.9. The second-order valence-electron chi connectivity index (χ2n) is 1.06. The highest BCUT2D eigenvalue weighted by molar-refractivity contribution is 5.91. The Bertz CT molecular complexity index is 84.1. The lowest BCUT2D eigenvalue weighted by Crippen LogP contribution is -2.14. The zero-order chi connectivity index (χ0) is 5.70. The van der Waals surface area contributed by atoms with Gasteiger partial charge in [0, 0.05) is 14.1 Å². The van der Waals surface area contributed by atoms with E-state index in [9.17, 15) is 0 Å². The monoisotopic (exact) mass is 98.1 g/mol. The van der Waals surface area contributed by atoms with Crippen molar-refractivity contribution in [2.45, 2.75) is 0 Å². The van der Waals surface area contributed by atoms with Crippen LogP contribution in [-0.4, -0.2) is 19.9 Å². The van der Waals surface area contributed by atoms with Gasteiger partial charge < -0.3 is 5.32 Å². The van der Waals surface area contributed by atoms with Crippen molar-refractivity contribution in [2.24, 2.45) is 4.99 Å². The van der Waals surface area contributed by atoms with Crippen molar-refractivity contribution in [3.63, 3.8) is 0 Å². The van der Waals surface area contributed by atoms with Crippen LogP contribution in [0.25, 0.3) is 0 Å². The highest BCUT2D eigenvalue weighted by Gasteiger charge is 1.76. The molecule has 0 heterocycles. The SMILES string of the molecule is C=CC(=NC)NC. The van der Waals surface area contributed by atoms with Crippen LogP contribution in [0.4, 0.5) is 0 Å². The Morgan fingerprint density at radius 2 is 2.43 bits per heavy atom. The molecule has 0 aromatic rings. The predicted octanol–water partition coefficient (Wildman–Crippen LogP) is 0.420. The molecule has 0 fully saturated rings. The molecule has 0 unspecified atom stereocenters. The first-order chi connectivity index (χ1) is 3.35. The Labute approximate surface area is 44.0 Å². The van der Waals surface area contributed by atoms with E-state index in [0.29, 0.717) is 0 Å². The Morgan fingerprint density at radius 1 is 1.86 bits per heavy atom. The van der Waals surface area contributed by atoms with Crippen LogP contribution in [0.1, 0.15) is 0 Å². The number of amidine groups is 1. The molecule has 0 rings (SSSR count). The first kappa shape index (κ1) is 6.21. The molecule has 0 amide bonds. The van der Waals surface area contributed by atoms with Crippen LogP contribution >= 0.6 is 0 Å². The number of likely N-dealkylation sites (N-methyl/N-ethyl adjacent to an activating group) is 1. The summed E-state index contributed by atoms with van der Waals surface area (Å²) in [5.74, 6) is 0.819. The summed E-state index contributed by atoms with van der Waals surface area (Å²) in [7, 11) is 3.53. The standard InChI is InChI=1S/C5H10N2/c1-4-5(6-2)7-3/h4H,1H2,2-3H3,(H,6,7). The Morgan fingerprint density at radius 3 is 2.43 bits per heavy atom. The van der Waals surface area contributed by atoms with Gasteiger partial charge in [0.05, 0.1) is 0 Å². The molecule has 0 aliphatic rings. The van der Waals surface area contributed by atoms with E-state index >= 15 is 0 Å². The van der Waals surface area contributed by atoms with E-state index in [0.717, 1.165) is 5.84 Å². The number of rotatable bonds is 1. The topological polar surface area (TPSA) is 24.4 Å². The van der Waals surface area contributed by atoms with Crippen molar-refractivity contribution in [3.8, 4) is 0 Å². The fourth-order valence-corrected chi connectivity index (χ4v) is 0.305. The van der Waals surface area contributed by atoms with Crippen LogP contribution in [0, 0.1) is 0 Å². The fraction of sp³-hybridized carbons (Fsp3) is 0.400. The highest BCUT2D eigenvalue weighted by Crippen LogP contribution is 1.66. The molecular weight excluding hydrogens is 88.1 g/mol. The van der Waals surface area contributed by atoms with Crippen molar-refractivity contribution in [1.82, 2.24) is 5.32 Å². The number of nitrogens with one attached hydrogen (secondary N) is 1. The molecule has 0 bridgehead atoms. The van der Waals surface area contributed by atoms with Gasteiger partial charge in [-0.15, -0.1) is 0 Å². The summed E-state index contributed by atoms with van der Waals surface area (Å²) in [5, 5.41) is 2.83. The van der Waals surface area contributed by atoms with Crippen LogP contribution in [0.5, 0.6) is 0 Å². The van der Waals surface area contributed by atoms with Crippen LogP contribution in [0.2, 0.25) is 0 Å². The summed E-state index contributed by atoms with van der Waals surface area (Å²) in [6, 6.07) is 0. The molecule has 0 saturated heterocycles. The van der Waals surface area contributed by atoms with Gasteiger partial charge in [-0.2, -0.15) is 0 Å². The van der Waals surface area contributed by atoms with Crippen molar-refractivity contribution in [3.05, 3.63) is 12.7 Å². The first-order valence-corrected chi connectivity index (χ1v) is 2.12. The van der Waals surface area contributed by atoms with Gasteiger partial charge >= 0.3 is 0 Å². The molecule has 0 aromatic carbocycles. The second kappa shape index (κ2) is 3.40. The number of aliphatic imine (C=N–C) groups is 1. The quantitative estimate of drug-likeness (QED) is 0.373. The molecule has 40 valence electrons. The zero-order valence-corrected chi connectivity index (χ0v) is 4.73. The Kier molecular flexibility index (Phi) is 3.02. The van der Waals surface area contributed by atoms with Gasteiger partial charge in [-0.3, -0.25) is 4.99 Å². The zero-order valence-electron chi connectivity index (χ0n) is 4.73. The summed E-state index contributed by atoms with van der Waals surface area (Å²) in [4.78, 5) is 3.81. The van der Waals surface area contributed by atoms with Crippen molar-refractivity contribution < 1.29 is 0 Å². The van der Waals surface area contributed by atoms with Crippen LogP contribution < -0.4 is 5.32 Å². The molecule has 0 aliphatic heterocycles. The van der Waals surface area contributed by atoms with E-state index in [1.165, 1.54) is 0 Å². The molecule has 0 radical (unpaired) electrons. The maximum atomic E-state index is 3.81. The fourth-order valence-electron chi connectivity index (χ4n) is 0.305. The largest absolute Gasteiger partial charge is 0.373 e. The van der Waals surface area contributed by atoms with Gasteiger partial charge in [0.2, 0.25) is 0 Å². The first-order valence-electron chi connectivity index (χ1n) is 2.12. The lowest BCUT2D eigenvalue weighted by molar-refractivity contribution is 1.16. The maximum Gasteiger partial charge on any atom is 0.119 e. The van der Waals surface area contributed by atoms with Crippen LogP contribution in [-0.2, 0) is 0 Å². The van der Waals surface area contributed by atoms with E-state index in [1.54, 1.807) is 13.1 Å². The minimum Gasteiger partial charge on any atom is -0.373 e. The molecule has 7 heavy (non-hydrogen) atoms. The molecular formula is C5H10N2. The van der Waals surface area contributed by atoms with Crippen molar-refractivity contribution >= 4 is 5.84 Å². The molecule has 2 nitrogen and oxygen atoms in total. The summed E-state index contributed by atoms with van der Waals surface area (Å²) in [6.45, 7) is 3.51. The Hall–Kier alpha value is -0.790. The summed E-state index contributed by atoms with van der Waals surface area (Å²) in [5.41, 5.74) is 0. The second-order valence-corrected chi connectivity index (χ2v) is 1.06. The average molecular weight is 98.1 g/mol. The lowest BCUT2D eigenvalue weighted by Gasteiger charge is -1.92. The van der Waals surface area contributed by atoms with E-state index in [1.807, 2.05) is 7.05 Å². The predicted molar refractivity (Wildman–Crippen MR) is 32.6 cm³/mol. The number of hydrogen-bond donors (Lipinski definition) is 1. The van der Waals surface area contributed by atoms with E-state index in [-0.39, 0.29) is 0 Å². The molecule has 0 spiro atoms. The summed E-state index contributed by atoms with van der Waals surface area (Å²) in [6.07, 6.45) is 1.67. The van der Waals surface area contributed by atoms with Gasteiger partial charge in [-0.25, -0.2) is 0 Å². The molecule has 0 aromatic heterocycles. The van der Waals surface area contributed by atoms with Gasteiger partial charge in [0.1, 0.15) is 5.84 Å². The number of nitrogens with zero attached hydrogens (tertiary/aromatic N) is 1. The van der Waals surface area contributed by atoms with Crippen LogP contribution in [0.3, 0.4) is 0 Å². The number of hydrogen-bond acceptors (Lipinski definition) is 1. The van der Waals surface area contributed by atoms with E-state index < -0.39 is 0 Å². The highest BCUT2D eigenvalue weighted by atomic mass is 14.9. The lowest BCUT2D eigenvalue weighted by atomic mass is 10.6. The Balaban J connectivity index is 3.60. The van der Waals surface area contributed by atoms with Crippen molar-refractivity contribution in [1.29, 1.82) is 0 Å². The van der Waals surface area contributed by atoms with E-state index in [2.05, 4.69) is 16.9 Å².